The van der Waals surface area contributed by atoms with Crippen molar-refractivity contribution in [3.05, 3.63) is 132 Å². The average Bonchev–Trinajstić information content (AvgIpc) is 3.76. The van der Waals surface area contributed by atoms with Gasteiger partial charge in [0.2, 0.25) is 20.2 Å². The highest BCUT2D eigenvalue weighted by atomic mass is 28.4. The molecule has 3 heterocycles. The van der Waals surface area contributed by atoms with Crippen LogP contribution in [0.5, 0.6) is 0 Å². The van der Waals surface area contributed by atoms with Crippen LogP contribution in [0.15, 0.2) is 109 Å². The number of carbonyl (C=O) groups is 3. The molecule has 2 aliphatic rings. The molecular formula is C42H45FN4O5Si. The molecule has 5 aromatic rings. The van der Waals surface area contributed by atoms with E-state index in [2.05, 4.69) is 10.3 Å². The number of aliphatic hydroxyl groups excluding tert-OH is 1. The monoisotopic (exact) mass is 732 g/mol. The van der Waals surface area contributed by atoms with Crippen molar-refractivity contribution >= 4 is 48.4 Å². The molecule has 0 aliphatic carbocycles. The van der Waals surface area contributed by atoms with Crippen LogP contribution in [0.3, 0.4) is 0 Å². The van der Waals surface area contributed by atoms with Crippen molar-refractivity contribution in [2.24, 2.45) is 5.92 Å². The van der Waals surface area contributed by atoms with Crippen LogP contribution < -0.4 is 10.2 Å². The molecule has 1 fully saturated rings. The molecule has 3 amide bonds. The summed E-state index contributed by atoms with van der Waals surface area (Å²) < 4.78 is 23.2. The van der Waals surface area contributed by atoms with E-state index in [-0.39, 0.29) is 50.3 Å². The fraction of sp³-hybridized carbons (Fsp3) is 0.310. The maximum absolute atomic E-state index is 16.4. The first-order valence-electron chi connectivity index (χ1n) is 18.1. The van der Waals surface area contributed by atoms with E-state index < -0.39 is 31.6 Å². The van der Waals surface area contributed by atoms with Gasteiger partial charge in [-0.25, -0.2) is 0 Å². The van der Waals surface area contributed by atoms with Crippen molar-refractivity contribution in [3.8, 4) is 0 Å². The second-order valence-electron chi connectivity index (χ2n) is 14.7. The predicted octanol–water partition coefficient (Wildman–Crippen LogP) is 7.08. The number of hydrogen-bond acceptors (Lipinski definition) is 5. The number of nitrogens with zero attached hydrogens (tertiary/aromatic N) is 2. The van der Waals surface area contributed by atoms with Gasteiger partial charge >= 0.3 is 0 Å². The molecule has 0 unspecified atom stereocenters. The smallest absolute Gasteiger partial charge is 0.264 e. The number of para-hydroxylation sites is 2. The Bertz CT molecular complexity index is 2120. The Kier molecular flexibility index (Phi) is 10.1. The molecule has 1 aromatic heterocycles. The topological polar surface area (TPSA) is 115 Å². The van der Waals surface area contributed by atoms with E-state index in [9.17, 15) is 19.5 Å². The molecular weight excluding hydrogens is 688 g/mol. The summed E-state index contributed by atoms with van der Waals surface area (Å²) >= 11 is 0. The van der Waals surface area contributed by atoms with Crippen LogP contribution in [-0.2, 0) is 44.2 Å². The minimum atomic E-state index is -3.49. The van der Waals surface area contributed by atoms with Crippen molar-refractivity contribution in [2.45, 2.75) is 63.2 Å². The SMILES string of the molecule is C[C@@H]1[C@@H]([Si](C)(C)F)[C@H](CC(=O)N(CCO)Cc2ccccc2)O[C@@]12C(=O)N(Cc1ccc(NC(=O)Cc3c[nH]c4ccccc34)cc1)c1ccccc12. The lowest BCUT2D eigenvalue weighted by Gasteiger charge is -2.31. The van der Waals surface area contributed by atoms with Crippen molar-refractivity contribution in [2.75, 3.05) is 23.4 Å². The number of anilines is 2. The van der Waals surface area contributed by atoms with Crippen molar-refractivity contribution in [3.63, 3.8) is 0 Å². The Balaban J connectivity index is 1.09. The lowest BCUT2D eigenvalue weighted by Crippen LogP contribution is -2.45. The molecule has 9 nitrogen and oxygen atoms in total. The van der Waals surface area contributed by atoms with Crippen LogP contribution in [0.4, 0.5) is 15.5 Å². The van der Waals surface area contributed by atoms with E-state index in [4.69, 9.17) is 4.74 Å². The summed E-state index contributed by atoms with van der Waals surface area (Å²) in [6.07, 6.45) is 1.15. The highest BCUT2D eigenvalue weighted by Gasteiger charge is 2.67. The Hall–Kier alpha value is -5.10. The van der Waals surface area contributed by atoms with Crippen molar-refractivity contribution < 1.29 is 28.3 Å². The number of hydrogen-bond donors (Lipinski definition) is 3. The molecule has 4 atom stereocenters. The van der Waals surface area contributed by atoms with Gasteiger partial charge in [0.25, 0.3) is 5.91 Å². The molecule has 0 saturated carbocycles. The number of rotatable bonds is 12. The minimum absolute atomic E-state index is 0.104. The number of aromatic amines is 1. The number of H-pyrrole nitrogens is 1. The third-order valence-corrected chi connectivity index (χ3v) is 13.2. The number of nitrogens with one attached hydrogen (secondary N) is 2. The zero-order valence-electron chi connectivity index (χ0n) is 30.2. The van der Waals surface area contributed by atoms with Crippen molar-refractivity contribution in [1.29, 1.82) is 0 Å². The molecule has 3 N–H and O–H groups in total. The summed E-state index contributed by atoms with van der Waals surface area (Å²) in [4.78, 5) is 48.0. The number of fused-ring (bicyclic) bond motifs is 3. The van der Waals surface area contributed by atoms with Crippen LogP contribution in [0, 0.1) is 5.92 Å². The van der Waals surface area contributed by atoms with Gasteiger partial charge < -0.3 is 34.1 Å². The van der Waals surface area contributed by atoms with Crippen molar-refractivity contribution in [1.82, 2.24) is 9.88 Å². The van der Waals surface area contributed by atoms with Gasteiger partial charge in [0, 0.05) is 52.9 Å². The van der Waals surface area contributed by atoms with E-state index in [1.54, 1.807) is 22.9 Å². The van der Waals surface area contributed by atoms with Gasteiger partial charge in [0.15, 0.2) is 5.60 Å². The minimum Gasteiger partial charge on any atom is -0.395 e. The third-order valence-electron chi connectivity index (χ3n) is 10.8. The number of ether oxygens (including phenoxy) is 1. The van der Waals surface area contributed by atoms with Gasteiger partial charge in [-0.15, -0.1) is 0 Å². The second kappa shape index (κ2) is 14.7. The summed E-state index contributed by atoms with van der Waals surface area (Å²) in [7, 11) is -3.49. The first-order chi connectivity index (χ1) is 25.5. The Labute approximate surface area is 310 Å². The Morgan fingerprint density at radius 2 is 1.66 bits per heavy atom. The van der Waals surface area contributed by atoms with E-state index in [0.717, 1.165) is 27.6 Å². The predicted molar refractivity (Wildman–Crippen MR) is 206 cm³/mol. The molecule has 7 rings (SSSR count). The molecule has 11 heteroatoms. The van der Waals surface area contributed by atoms with Gasteiger partial charge in [-0.05, 0) is 54.0 Å². The molecule has 274 valence electrons. The molecule has 0 bridgehead atoms. The molecule has 1 saturated heterocycles. The zero-order valence-corrected chi connectivity index (χ0v) is 31.2. The standard InChI is InChI=1S/C42H45FN4O5Si/c1-28-40(53(2,3)43)37(24-39(50)46(21-22-48)26-29-11-5-4-6-12-29)52-42(28)34-14-8-10-16-36(34)47(41(42)51)27-30-17-19-32(20-18-30)45-38(49)23-31-25-44-35-15-9-7-13-33(31)35/h4-20,25,28,37,40,44,48H,21-24,26-27H2,1-3H3,(H,45,49)/t28-,37+,40-,42+/m1/s1. The fourth-order valence-corrected chi connectivity index (χ4v) is 10.9. The summed E-state index contributed by atoms with van der Waals surface area (Å²) in [5.41, 5.74) is 3.57. The Morgan fingerprint density at radius 3 is 2.40 bits per heavy atom. The fourth-order valence-electron chi connectivity index (χ4n) is 8.41. The second-order valence-corrected chi connectivity index (χ2v) is 18.5. The van der Waals surface area contributed by atoms with E-state index >= 15 is 4.11 Å². The Morgan fingerprint density at radius 1 is 0.962 bits per heavy atom. The zero-order chi connectivity index (χ0) is 37.3. The number of aliphatic hydroxyl groups is 1. The van der Waals surface area contributed by atoms with Gasteiger partial charge in [-0.1, -0.05) is 85.8 Å². The van der Waals surface area contributed by atoms with E-state index in [1.807, 2.05) is 116 Å². The lowest BCUT2D eigenvalue weighted by atomic mass is 9.82. The molecule has 0 radical (unpaired) electrons. The first-order valence-corrected chi connectivity index (χ1v) is 21.1. The van der Waals surface area contributed by atoms with E-state index in [1.165, 1.54) is 0 Å². The van der Waals surface area contributed by atoms with Gasteiger partial charge in [-0.2, -0.15) is 0 Å². The number of benzene rings is 4. The molecule has 2 aliphatic heterocycles. The van der Waals surface area contributed by atoms with Gasteiger partial charge in [-0.3, -0.25) is 14.4 Å². The normalized spacial score (nSPS) is 21.0. The first kappa shape index (κ1) is 36.3. The highest BCUT2D eigenvalue weighted by Crippen LogP contribution is 2.60. The number of halogens is 1. The maximum Gasteiger partial charge on any atom is 0.264 e. The number of aromatic nitrogens is 1. The van der Waals surface area contributed by atoms with Crippen LogP contribution >= 0.6 is 0 Å². The molecule has 1 spiro atoms. The van der Waals surface area contributed by atoms with Gasteiger partial charge in [0.1, 0.15) is 0 Å². The number of carbonyl (C=O) groups excluding carboxylic acids is 3. The van der Waals surface area contributed by atoms with Crippen LogP contribution in [0.1, 0.15) is 35.6 Å². The summed E-state index contributed by atoms with van der Waals surface area (Å²) in [5, 5.41) is 13.8. The number of amides is 3. The summed E-state index contributed by atoms with van der Waals surface area (Å²) in [6, 6.07) is 32.3. The summed E-state index contributed by atoms with van der Waals surface area (Å²) in [6.45, 7) is 5.58. The third kappa shape index (κ3) is 7.04. The average molecular weight is 733 g/mol. The maximum atomic E-state index is 16.4. The molecule has 4 aromatic carbocycles. The van der Waals surface area contributed by atoms with E-state index in [0.29, 0.717) is 23.5 Å². The lowest BCUT2D eigenvalue weighted by molar-refractivity contribution is -0.150. The molecule has 53 heavy (non-hydrogen) atoms. The van der Waals surface area contributed by atoms with Gasteiger partial charge in [0.05, 0.1) is 37.8 Å². The quantitative estimate of drug-likeness (QED) is 0.0938. The summed E-state index contributed by atoms with van der Waals surface area (Å²) in [5.74, 6) is -1.22. The largest absolute Gasteiger partial charge is 0.395 e. The van der Waals surface area contributed by atoms with Crippen LogP contribution in [0.2, 0.25) is 18.6 Å². The highest BCUT2D eigenvalue weighted by molar-refractivity contribution is 6.72. The van der Waals surface area contributed by atoms with Crippen LogP contribution in [0.25, 0.3) is 10.9 Å². The van der Waals surface area contributed by atoms with Crippen LogP contribution in [-0.4, -0.2) is 60.4 Å².